The molecule has 0 bridgehead atoms. The molecule has 1 aliphatic carbocycles. The predicted molar refractivity (Wildman–Crippen MR) is 76.0 cm³/mol. The van der Waals surface area contributed by atoms with E-state index in [0.29, 0.717) is 12.5 Å². The molecule has 2 rings (SSSR count). The van der Waals surface area contributed by atoms with Crippen molar-refractivity contribution >= 4 is 5.69 Å². The first-order chi connectivity index (χ1) is 8.97. The Kier molecular flexibility index (Phi) is 3.90. The molecule has 1 fully saturated rings. The van der Waals surface area contributed by atoms with Crippen molar-refractivity contribution in [2.75, 3.05) is 6.54 Å². The van der Waals surface area contributed by atoms with Gasteiger partial charge in [0.2, 0.25) is 0 Å². The van der Waals surface area contributed by atoms with E-state index in [1.54, 1.807) is 12.1 Å². The number of nitrogens with two attached hydrogens (primary N) is 1. The van der Waals surface area contributed by atoms with Crippen LogP contribution in [-0.4, -0.2) is 11.5 Å². The number of nitrogens with zero attached hydrogens (tertiary/aromatic N) is 1. The van der Waals surface area contributed by atoms with E-state index >= 15 is 0 Å². The molecule has 0 heterocycles. The van der Waals surface area contributed by atoms with Gasteiger partial charge < -0.3 is 5.73 Å². The fraction of sp³-hybridized carbons (Fsp3) is 0.600. The van der Waals surface area contributed by atoms with Crippen LogP contribution >= 0.6 is 0 Å². The molecule has 1 aromatic carbocycles. The molecule has 104 valence electrons. The van der Waals surface area contributed by atoms with Crippen LogP contribution in [0.25, 0.3) is 0 Å². The Morgan fingerprint density at radius 3 is 2.79 bits per heavy atom. The smallest absolute Gasteiger partial charge is 0.272 e. The molecule has 1 saturated carbocycles. The molecule has 0 spiro atoms. The fourth-order valence-electron chi connectivity index (χ4n) is 3.38. The van der Waals surface area contributed by atoms with Gasteiger partial charge in [0.05, 0.1) is 4.92 Å². The Bertz CT molecular complexity index is 487. The van der Waals surface area contributed by atoms with Gasteiger partial charge in [-0.1, -0.05) is 25.5 Å². The zero-order valence-corrected chi connectivity index (χ0v) is 11.7. The van der Waals surface area contributed by atoms with Crippen LogP contribution in [0.5, 0.6) is 0 Å². The summed E-state index contributed by atoms with van der Waals surface area (Å²) >= 11 is 0. The van der Waals surface area contributed by atoms with Crippen LogP contribution in [0, 0.1) is 28.4 Å². The maximum Gasteiger partial charge on any atom is 0.272 e. The van der Waals surface area contributed by atoms with Crippen LogP contribution in [-0.2, 0) is 6.42 Å². The molecule has 1 aliphatic rings. The van der Waals surface area contributed by atoms with Gasteiger partial charge in [-0.05, 0) is 49.6 Å². The Morgan fingerprint density at radius 2 is 2.26 bits per heavy atom. The van der Waals surface area contributed by atoms with Gasteiger partial charge in [0.1, 0.15) is 0 Å². The average molecular weight is 262 g/mol. The monoisotopic (exact) mass is 262 g/mol. The molecular formula is C15H22N2O2. The largest absolute Gasteiger partial charge is 0.330 e. The van der Waals surface area contributed by atoms with Gasteiger partial charge in [-0.3, -0.25) is 10.1 Å². The molecule has 0 saturated heterocycles. The van der Waals surface area contributed by atoms with Crippen molar-refractivity contribution < 1.29 is 4.92 Å². The van der Waals surface area contributed by atoms with Crippen LogP contribution in [0.15, 0.2) is 18.2 Å². The van der Waals surface area contributed by atoms with E-state index < -0.39 is 0 Å². The summed E-state index contributed by atoms with van der Waals surface area (Å²) in [7, 11) is 0. The quantitative estimate of drug-likeness (QED) is 0.669. The minimum absolute atomic E-state index is 0.138. The van der Waals surface area contributed by atoms with E-state index in [1.807, 2.05) is 13.0 Å². The molecule has 0 amide bonds. The molecule has 4 heteroatoms. The molecule has 0 radical (unpaired) electrons. The van der Waals surface area contributed by atoms with Crippen LogP contribution in [0.1, 0.15) is 37.3 Å². The van der Waals surface area contributed by atoms with Gasteiger partial charge in [0.25, 0.3) is 5.69 Å². The first-order valence-electron chi connectivity index (χ1n) is 6.90. The summed E-state index contributed by atoms with van der Waals surface area (Å²) in [5, 5.41) is 11.0. The second kappa shape index (κ2) is 5.29. The van der Waals surface area contributed by atoms with Crippen LogP contribution in [0.3, 0.4) is 0 Å². The van der Waals surface area contributed by atoms with Crippen LogP contribution in [0.2, 0.25) is 0 Å². The number of hydrogen-bond donors (Lipinski definition) is 1. The van der Waals surface area contributed by atoms with E-state index in [9.17, 15) is 10.1 Å². The number of hydrogen-bond acceptors (Lipinski definition) is 3. The Balaban J connectivity index is 2.28. The number of benzene rings is 1. The molecular weight excluding hydrogens is 240 g/mol. The van der Waals surface area contributed by atoms with Crippen LogP contribution in [0.4, 0.5) is 5.69 Å². The summed E-state index contributed by atoms with van der Waals surface area (Å²) in [6.07, 6.45) is 4.34. The fourth-order valence-corrected chi connectivity index (χ4v) is 3.38. The molecule has 19 heavy (non-hydrogen) atoms. The molecule has 2 unspecified atom stereocenters. The second-order valence-corrected chi connectivity index (χ2v) is 6.05. The molecule has 0 aromatic heterocycles. The topological polar surface area (TPSA) is 69.2 Å². The normalized spacial score (nSPS) is 26.6. The van der Waals surface area contributed by atoms with Crippen molar-refractivity contribution in [1.82, 2.24) is 0 Å². The highest BCUT2D eigenvalue weighted by molar-refractivity contribution is 5.45. The van der Waals surface area contributed by atoms with Gasteiger partial charge in [-0.2, -0.15) is 0 Å². The van der Waals surface area contributed by atoms with Gasteiger partial charge >= 0.3 is 0 Å². The van der Waals surface area contributed by atoms with Gasteiger partial charge in [-0.15, -0.1) is 0 Å². The Morgan fingerprint density at radius 1 is 1.53 bits per heavy atom. The van der Waals surface area contributed by atoms with Crippen molar-refractivity contribution in [3.63, 3.8) is 0 Å². The lowest BCUT2D eigenvalue weighted by molar-refractivity contribution is -0.385. The summed E-state index contributed by atoms with van der Waals surface area (Å²) in [5.74, 6) is 0.711. The van der Waals surface area contributed by atoms with Gasteiger partial charge in [-0.25, -0.2) is 0 Å². The van der Waals surface area contributed by atoms with E-state index in [1.165, 1.54) is 6.42 Å². The van der Waals surface area contributed by atoms with E-state index in [0.717, 1.165) is 30.4 Å². The van der Waals surface area contributed by atoms with Crippen LogP contribution < -0.4 is 5.73 Å². The maximum atomic E-state index is 11.0. The standard InChI is InChI=1S/C15H22N2O2/c1-11-6-7-15(8-11,10-16)9-13-4-3-5-14(12(13)2)17(18)19/h3-5,11H,6-10,16H2,1-2H3. The first kappa shape index (κ1) is 14.0. The number of nitro benzene ring substituents is 1. The molecule has 0 aliphatic heterocycles. The van der Waals surface area contributed by atoms with Crippen molar-refractivity contribution in [2.45, 2.75) is 39.5 Å². The predicted octanol–water partition coefficient (Wildman–Crippen LogP) is 3.21. The van der Waals surface area contributed by atoms with E-state index in [-0.39, 0.29) is 16.0 Å². The van der Waals surface area contributed by atoms with Crippen molar-refractivity contribution in [1.29, 1.82) is 0 Å². The summed E-state index contributed by atoms with van der Waals surface area (Å²) < 4.78 is 0. The third kappa shape index (κ3) is 2.78. The second-order valence-electron chi connectivity index (χ2n) is 6.05. The molecule has 2 atom stereocenters. The highest BCUT2D eigenvalue weighted by Gasteiger charge is 2.36. The summed E-state index contributed by atoms with van der Waals surface area (Å²) in [6.45, 7) is 4.77. The lowest BCUT2D eigenvalue weighted by Gasteiger charge is -2.28. The zero-order valence-electron chi connectivity index (χ0n) is 11.7. The molecule has 2 N–H and O–H groups in total. The minimum Gasteiger partial charge on any atom is -0.330 e. The number of nitro groups is 1. The summed E-state index contributed by atoms with van der Waals surface area (Å²) in [5.41, 5.74) is 8.22. The third-order valence-corrected chi connectivity index (χ3v) is 4.56. The summed E-state index contributed by atoms with van der Waals surface area (Å²) in [4.78, 5) is 10.7. The first-order valence-corrected chi connectivity index (χ1v) is 6.90. The lowest BCUT2D eigenvalue weighted by Crippen LogP contribution is -2.30. The van der Waals surface area contributed by atoms with Crippen molar-refractivity contribution in [2.24, 2.45) is 17.1 Å². The summed E-state index contributed by atoms with van der Waals surface area (Å²) in [6, 6.07) is 5.36. The highest BCUT2D eigenvalue weighted by Crippen LogP contribution is 2.44. The Hall–Kier alpha value is -1.42. The number of rotatable bonds is 4. The lowest BCUT2D eigenvalue weighted by atomic mass is 9.78. The molecule has 4 nitrogen and oxygen atoms in total. The SMILES string of the molecule is Cc1c(CC2(CN)CCC(C)C2)cccc1[N+](=O)[O-]. The van der Waals surface area contributed by atoms with Crippen molar-refractivity contribution in [3.05, 3.63) is 39.4 Å². The average Bonchev–Trinajstić information content (AvgIpc) is 2.74. The Labute approximate surface area is 114 Å². The third-order valence-electron chi connectivity index (χ3n) is 4.56. The van der Waals surface area contributed by atoms with Gasteiger partial charge in [0, 0.05) is 11.6 Å². The van der Waals surface area contributed by atoms with Gasteiger partial charge in [0.15, 0.2) is 0 Å². The maximum absolute atomic E-state index is 11.0. The van der Waals surface area contributed by atoms with E-state index in [2.05, 4.69) is 6.92 Å². The minimum atomic E-state index is -0.300. The van der Waals surface area contributed by atoms with Crippen molar-refractivity contribution in [3.8, 4) is 0 Å². The highest BCUT2D eigenvalue weighted by atomic mass is 16.6. The zero-order chi connectivity index (χ0) is 14.0. The molecule has 1 aromatic rings. The van der Waals surface area contributed by atoms with E-state index in [4.69, 9.17) is 5.73 Å².